The van der Waals surface area contributed by atoms with Crippen molar-refractivity contribution in [3.63, 3.8) is 0 Å². The number of rotatable bonds is 5. The largest absolute Gasteiger partial charge is 0.507 e. The smallest absolute Gasteiger partial charge is 0.272 e. The molecule has 0 spiro atoms. The quantitative estimate of drug-likeness (QED) is 0.651. The van der Waals surface area contributed by atoms with E-state index in [4.69, 9.17) is 4.74 Å². The van der Waals surface area contributed by atoms with Gasteiger partial charge in [-0.05, 0) is 31.2 Å². The molecule has 0 atom stereocenters. The second-order valence-electron chi connectivity index (χ2n) is 4.61. The molecule has 110 valence electrons. The first-order valence-corrected chi connectivity index (χ1v) is 6.36. The maximum Gasteiger partial charge on any atom is 0.272 e. The molecule has 0 saturated carbocycles. The molecule has 6 heteroatoms. The van der Waals surface area contributed by atoms with Gasteiger partial charge in [0.05, 0.1) is 12.0 Å². The highest BCUT2D eigenvalue weighted by atomic mass is 16.6. The number of nitro groups is 1. The van der Waals surface area contributed by atoms with Crippen LogP contribution >= 0.6 is 0 Å². The fourth-order valence-electron chi connectivity index (χ4n) is 1.99. The minimum atomic E-state index is -0.408. The molecule has 0 fully saturated rings. The van der Waals surface area contributed by atoms with Gasteiger partial charge in [0, 0.05) is 35.5 Å². The highest BCUT2D eigenvalue weighted by molar-refractivity contribution is 5.54. The Morgan fingerprint density at radius 1 is 1.29 bits per heavy atom. The number of hydrogen-bond acceptors (Lipinski definition) is 5. The number of benzene rings is 2. The molecule has 0 unspecified atom stereocenters. The molecule has 0 saturated heterocycles. The van der Waals surface area contributed by atoms with Crippen molar-refractivity contribution >= 4 is 11.4 Å². The molecule has 0 bridgehead atoms. The van der Waals surface area contributed by atoms with Crippen molar-refractivity contribution in [2.75, 3.05) is 12.4 Å². The number of ether oxygens (including phenoxy) is 1. The Hall–Kier alpha value is -2.76. The zero-order valence-electron chi connectivity index (χ0n) is 11.8. The summed E-state index contributed by atoms with van der Waals surface area (Å²) in [5.74, 6) is 0.725. The molecule has 0 aliphatic carbocycles. The number of nitro benzene ring substituents is 1. The van der Waals surface area contributed by atoms with E-state index in [2.05, 4.69) is 5.32 Å². The molecule has 0 heterocycles. The SMILES string of the molecule is COc1ccc(CNc2ccc([N+](=O)[O-])c(C)c2)c(O)c1. The summed E-state index contributed by atoms with van der Waals surface area (Å²) in [5, 5.41) is 23.7. The lowest BCUT2D eigenvalue weighted by Crippen LogP contribution is -2.01. The molecule has 0 radical (unpaired) electrons. The summed E-state index contributed by atoms with van der Waals surface area (Å²) in [6.45, 7) is 2.10. The van der Waals surface area contributed by atoms with Gasteiger partial charge in [0.25, 0.3) is 5.69 Å². The van der Waals surface area contributed by atoms with Crippen molar-refractivity contribution in [2.24, 2.45) is 0 Å². The topological polar surface area (TPSA) is 84.6 Å². The number of phenolic OH excluding ortho intramolecular Hbond substituents is 1. The van der Waals surface area contributed by atoms with Gasteiger partial charge >= 0.3 is 0 Å². The van der Waals surface area contributed by atoms with Crippen LogP contribution in [0.2, 0.25) is 0 Å². The Bertz CT molecular complexity index is 671. The van der Waals surface area contributed by atoms with E-state index in [1.165, 1.54) is 19.2 Å². The number of hydrogen-bond donors (Lipinski definition) is 2. The number of methoxy groups -OCH3 is 1. The number of nitrogens with one attached hydrogen (secondary N) is 1. The first-order valence-electron chi connectivity index (χ1n) is 6.36. The lowest BCUT2D eigenvalue weighted by molar-refractivity contribution is -0.385. The normalized spacial score (nSPS) is 10.2. The minimum Gasteiger partial charge on any atom is -0.507 e. The molecule has 2 N–H and O–H groups in total. The van der Waals surface area contributed by atoms with Crippen LogP contribution in [0.25, 0.3) is 0 Å². The molecule has 2 rings (SSSR count). The van der Waals surface area contributed by atoms with Crippen LogP contribution in [-0.4, -0.2) is 17.1 Å². The Morgan fingerprint density at radius 2 is 2.05 bits per heavy atom. The lowest BCUT2D eigenvalue weighted by atomic mass is 10.1. The molecular formula is C15H16N2O4. The van der Waals surface area contributed by atoms with Crippen molar-refractivity contribution in [3.05, 3.63) is 57.6 Å². The van der Waals surface area contributed by atoms with Crippen molar-refractivity contribution in [2.45, 2.75) is 13.5 Å². The van der Waals surface area contributed by atoms with Crippen LogP contribution in [0.3, 0.4) is 0 Å². The maximum absolute atomic E-state index is 10.8. The monoisotopic (exact) mass is 288 g/mol. The third kappa shape index (κ3) is 3.42. The standard InChI is InChI=1S/C15H16N2O4/c1-10-7-12(4-6-14(10)17(19)20)16-9-11-3-5-13(21-2)8-15(11)18/h3-8,16,18H,9H2,1-2H3. The number of aryl methyl sites for hydroxylation is 1. The van der Waals surface area contributed by atoms with Gasteiger partial charge in [0.1, 0.15) is 11.5 Å². The van der Waals surface area contributed by atoms with Crippen LogP contribution in [0.4, 0.5) is 11.4 Å². The first kappa shape index (κ1) is 14.6. The highest BCUT2D eigenvalue weighted by Gasteiger charge is 2.10. The Kier molecular flexibility index (Phi) is 4.27. The summed E-state index contributed by atoms with van der Waals surface area (Å²) >= 11 is 0. The van der Waals surface area contributed by atoms with E-state index in [9.17, 15) is 15.2 Å². The van der Waals surface area contributed by atoms with E-state index < -0.39 is 4.92 Å². The summed E-state index contributed by atoms with van der Waals surface area (Å²) < 4.78 is 5.02. The number of nitrogens with zero attached hydrogens (tertiary/aromatic N) is 1. The van der Waals surface area contributed by atoms with Gasteiger partial charge in [-0.25, -0.2) is 0 Å². The van der Waals surface area contributed by atoms with Crippen molar-refractivity contribution in [1.82, 2.24) is 0 Å². The Labute approximate surface area is 122 Å². The molecular weight excluding hydrogens is 272 g/mol. The van der Waals surface area contributed by atoms with Crippen LogP contribution in [0.5, 0.6) is 11.5 Å². The van der Waals surface area contributed by atoms with Gasteiger partial charge in [0.2, 0.25) is 0 Å². The fourth-order valence-corrected chi connectivity index (χ4v) is 1.99. The number of aromatic hydroxyl groups is 1. The van der Waals surface area contributed by atoms with Gasteiger partial charge in [-0.3, -0.25) is 10.1 Å². The molecule has 6 nitrogen and oxygen atoms in total. The zero-order valence-corrected chi connectivity index (χ0v) is 11.8. The van der Waals surface area contributed by atoms with Crippen molar-refractivity contribution in [3.8, 4) is 11.5 Å². The minimum absolute atomic E-state index is 0.0906. The molecule has 0 aliphatic rings. The van der Waals surface area contributed by atoms with Crippen LogP contribution in [0, 0.1) is 17.0 Å². The molecule has 21 heavy (non-hydrogen) atoms. The van der Waals surface area contributed by atoms with Gasteiger partial charge in [-0.1, -0.05) is 0 Å². The summed E-state index contributed by atoms with van der Waals surface area (Å²) in [5.41, 5.74) is 2.15. The molecule has 2 aromatic carbocycles. The summed E-state index contributed by atoms with van der Waals surface area (Å²) in [7, 11) is 1.53. The summed E-state index contributed by atoms with van der Waals surface area (Å²) in [4.78, 5) is 10.3. The Morgan fingerprint density at radius 3 is 2.62 bits per heavy atom. The van der Waals surface area contributed by atoms with Gasteiger partial charge < -0.3 is 15.2 Å². The van der Waals surface area contributed by atoms with Crippen LogP contribution < -0.4 is 10.1 Å². The van der Waals surface area contributed by atoms with E-state index in [0.717, 1.165) is 5.69 Å². The molecule has 2 aromatic rings. The van der Waals surface area contributed by atoms with Crippen LogP contribution in [0.1, 0.15) is 11.1 Å². The van der Waals surface area contributed by atoms with Crippen LogP contribution in [0.15, 0.2) is 36.4 Å². The zero-order chi connectivity index (χ0) is 15.4. The van der Waals surface area contributed by atoms with Crippen LogP contribution in [-0.2, 0) is 6.54 Å². The lowest BCUT2D eigenvalue weighted by Gasteiger charge is -2.10. The Balaban J connectivity index is 2.10. The fraction of sp³-hybridized carbons (Fsp3) is 0.200. The third-order valence-electron chi connectivity index (χ3n) is 3.17. The van der Waals surface area contributed by atoms with Gasteiger partial charge in [0.15, 0.2) is 0 Å². The van der Waals surface area contributed by atoms with E-state index in [1.54, 1.807) is 31.2 Å². The second kappa shape index (κ2) is 6.13. The van der Waals surface area contributed by atoms with Gasteiger partial charge in [-0.2, -0.15) is 0 Å². The third-order valence-corrected chi connectivity index (χ3v) is 3.17. The maximum atomic E-state index is 10.8. The summed E-state index contributed by atoms with van der Waals surface area (Å²) in [6, 6.07) is 9.88. The molecule has 0 aromatic heterocycles. The average Bonchev–Trinajstić information content (AvgIpc) is 2.45. The van der Waals surface area contributed by atoms with Gasteiger partial charge in [-0.15, -0.1) is 0 Å². The predicted molar refractivity (Wildman–Crippen MR) is 79.8 cm³/mol. The average molecular weight is 288 g/mol. The first-order chi connectivity index (χ1) is 10.0. The summed E-state index contributed by atoms with van der Waals surface area (Å²) in [6.07, 6.45) is 0. The highest BCUT2D eigenvalue weighted by Crippen LogP contribution is 2.25. The van der Waals surface area contributed by atoms with E-state index in [1.807, 2.05) is 0 Å². The predicted octanol–water partition coefficient (Wildman–Crippen LogP) is 3.23. The number of anilines is 1. The molecule has 0 aliphatic heterocycles. The van der Waals surface area contributed by atoms with Crippen molar-refractivity contribution < 1.29 is 14.8 Å². The van der Waals surface area contributed by atoms with E-state index >= 15 is 0 Å². The van der Waals surface area contributed by atoms with E-state index in [0.29, 0.717) is 23.4 Å². The molecule has 0 amide bonds. The second-order valence-corrected chi connectivity index (χ2v) is 4.61. The van der Waals surface area contributed by atoms with Crippen molar-refractivity contribution in [1.29, 1.82) is 0 Å². The number of phenols is 1. The van der Waals surface area contributed by atoms with E-state index in [-0.39, 0.29) is 11.4 Å².